The zero-order valence-electron chi connectivity index (χ0n) is 13.2. The van der Waals surface area contributed by atoms with Gasteiger partial charge in [-0.1, -0.05) is 30.3 Å². The van der Waals surface area contributed by atoms with E-state index in [2.05, 4.69) is 6.07 Å². The molecule has 0 saturated heterocycles. The second-order valence-electron chi connectivity index (χ2n) is 5.59. The topological polar surface area (TPSA) is 49.0 Å². The molecule has 1 amide bonds. The number of aromatic nitrogens is 1. The van der Waals surface area contributed by atoms with E-state index in [0.29, 0.717) is 5.56 Å². The molecule has 0 spiro atoms. The van der Waals surface area contributed by atoms with Crippen LogP contribution in [-0.4, -0.2) is 17.5 Å². The van der Waals surface area contributed by atoms with Crippen LogP contribution in [0.1, 0.15) is 11.1 Å². The minimum atomic E-state index is -0.0270. The number of hydrogen-bond donors (Lipinski definition) is 0. The minimum absolute atomic E-state index is 0.0270. The van der Waals surface area contributed by atoms with Crippen molar-refractivity contribution in [1.29, 1.82) is 5.26 Å². The van der Waals surface area contributed by atoms with Crippen LogP contribution in [0.4, 0.5) is 5.69 Å². The monoisotopic (exact) mass is 303 g/mol. The van der Waals surface area contributed by atoms with Crippen molar-refractivity contribution in [3.05, 3.63) is 65.9 Å². The average molecular weight is 303 g/mol. The van der Waals surface area contributed by atoms with E-state index in [1.807, 2.05) is 60.0 Å². The highest BCUT2D eigenvalue weighted by Crippen LogP contribution is 2.21. The van der Waals surface area contributed by atoms with Crippen LogP contribution in [0.25, 0.3) is 10.9 Å². The first-order valence-electron chi connectivity index (χ1n) is 7.41. The number of hydrogen-bond acceptors (Lipinski definition) is 2. The summed E-state index contributed by atoms with van der Waals surface area (Å²) in [6, 6.07) is 17.7. The Labute approximate surface area is 135 Å². The summed E-state index contributed by atoms with van der Waals surface area (Å²) >= 11 is 0. The highest BCUT2D eigenvalue weighted by Gasteiger charge is 2.14. The van der Waals surface area contributed by atoms with Crippen molar-refractivity contribution in [2.45, 2.75) is 13.5 Å². The van der Waals surface area contributed by atoms with Crippen molar-refractivity contribution in [3.63, 3.8) is 0 Å². The molecular weight excluding hydrogens is 286 g/mol. The Morgan fingerprint density at radius 2 is 2.00 bits per heavy atom. The fraction of sp³-hybridized carbons (Fsp3) is 0.158. The van der Waals surface area contributed by atoms with Crippen molar-refractivity contribution < 1.29 is 4.79 Å². The molecule has 0 bridgehead atoms. The average Bonchev–Trinajstić information content (AvgIpc) is 2.92. The van der Waals surface area contributed by atoms with Crippen LogP contribution in [0.5, 0.6) is 0 Å². The van der Waals surface area contributed by atoms with Gasteiger partial charge in [-0.25, -0.2) is 0 Å². The normalized spacial score (nSPS) is 10.5. The summed E-state index contributed by atoms with van der Waals surface area (Å²) in [4.78, 5) is 14.2. The number of carbonyl (C=O) groups is 1. The summed E-state index contributed by atoms with van der Waals surface area (Å²) in [5.41, 5.74) is 3.47. The van der Waals surface area contributed by atoms with Gasteiger partial charge in [0.25, 0.3) is 0 Å². The number of benzene rings is 2. The molecule has 0 aliphatic heterocycles. The lowest BCUT2D eigenvalue weighted by Crippen LogP contribution is -2.29. The molecule has 0 saturated carbocycles. The molecule has 2 aromatic carbocycles. The molecule has 4 nitrogen and oxygen atoms in total. The number of nitrogens with zero attached hydrogens (tertiary/aromatic N) is 3. The zero-order chi connectivity index (χ0) is 16.4. The van der Waals surface area contributed by atoms with Crippen molar-refractivity contribution in [3.8, 4) is 6.07 Å². The number of anilines is 1. The SMILES string of the molecule is Cc1cccc(N(C)C(=O)Cn2cc(C#N)c3ccccc32)c1. The van der Waals surface area contributed by atoms with Gasteiger partial charge < -0.3 is 9.47 Å². The molecule has 0 aliphatic carbocycles. The maximum Gasteiger partial charge on any atom is 0.246 e. The number of carbonyl (C=O) groups excluding carboxylic acids is 1. The third-order valence-corrected chi connectivity index (χ3v) is 3.98. The highest BCUT2D eigenvalue weighted by molar-refractivity contribution is 5.94. The lowest BCUT2D eigenvalue weighted by Gasteiger charge is -2.18. The fourth-order valence-electron chi connectivity index (χ4n) is 2.70. The van der Waals surface area contributed by atoms with Crippen LogP contribution < -0.4 is 4.90 Å². The molecule has 0 atom stereocenters. The van der Waals surface area contributed by atoms with E-state index in [-0.39, 0.29) is 12.5 Å². The van der Waals surface area contributed by atoms with Crippen molar-refractivity contribution >= 4 is 22.5 Å². The van der Waals surface area contributed by atoms with E-state index in [0.717, 1.165) is 22.2 Å². The molecule has 0 fully saturated rings. The Bertz CT molecular complexity index is 918. The molecule has 3 aromatic rings. The molecule has 0 aliphatic rings. The highest BCUT2D eigenvalue weighted by atomic mass is 16.2. The fourth-order valence-corrected chi connectivity index (χ4v) is 2.70. The largest absolute Gasteiger partial charge is 0.337 e. The van der Waals surface area contributed by atoms with Gasteiger partial charge >= 0.3 is 0 Å². The summed E-state index contributed by atoms with van der Waals surface area (Å²) in [6.45, 7) is 2.20. The predicted octanol–water partition coefficient (Wildman–Crippen LogP) is 3.48. The molecule has 1 aromatic heterocycles. The predicted molar refractivity (Wildman–Crippen MR) is 91.2 cm³/mol. The van der Waals surface area contributed by atoms with Crippen LogP contribution in [0, 0.1) is 18.3 Å². The van der Waals surface area contributed by atoms with Crippen LogP contribution in [0.15, 0.2) is 54.7 Å². The number of nitriles is 1. The Morgan fingerprint density at radius 1 is 1.22 bits per heavy atom. The number of fused-ring (bicyclic) bond motifs is 1. The van der Waals surface area contributed by atoms with Crippen LogP contribution in [0.3, 0.4) is 0 Å². The van der Waals surface area contributed by atoms with E-state index < -0.39 is 0 Å². The second-order valence-corrected chi connectivity index (χ2v) is 5.59. The Balaban J connectivity index is 1.90. The van der Waals surface area contributed by atoms with Gasteiger partial charge in [-0.3, -0.25) is 4.79 Å². The Kier molecular flexibility index (Phi) is 3.86. The summed E-state index contributed by atoms with van der Waals surface area (Å²) in [5.74, 6) is -0.0270. The number of para-hydroxylation sites is 1. The molecule has 23 heavy (non-hydrogen) atoms. The van der Waals surface area contributed by atoms with Gasteiger partial charge in [0.1, 0.15) is 12.6 Å². The van der Waals surface area contributed by atoms with E-state index >= 15 is 0 Å². The number of amides is 1. The molecule has 4 heteroatoms. The van der Waals surface area contributed by atoms with Crippen molar-refractivity contribution in [2.75, 3.05) is 11.9 Å². The number of likely N-dealkylation sites (N-methyl/N-ethyl adjacent to an activating group) is 1. The first-order chi connectivity index (χ1) is 11.1. The molecule has 3 rings (SSSR count). The quantitative estimate of drug-likeness (QED) is 0.743. The summed E-state index contributed by atoms with van der Waals surface area (Å²) in [7, 11) is 1.77. The molecule has 114 valence electrons. The maximum absolute atomic E-state index is 12.6. The van der Waals surface area contributed by atoms with E-state index in [9.17, 15) is 10.1 Å². The summed E-state index contributed by atoms with van der Waals surface area (Å²) in [5, 5.41) is 10.1. The van der Waals surface area contributed by atoms with Gasteiger partial charge in [-0.2, -0.15) is 5.26 Å². The first kappa shape index (κ1) is 14.9. The summed E-state index contributed by atoms with van der Waals surface area (Å²) < 4.78 is 1.84. The van der Waals surface area contributed by atoms with Gasteiger partial charge in [-0.05, 0) is 30.7 Å². The van der Waals surface area contributed by atoms with Crippen molar-refractivity contribution in [2.24, 2.45) is 0 Å². The molecule has 0 unspecified atom stereocenters. The van der Waals surface area contributed by atoms with Gasteiger partial charge in [0.15, 0.2) is 0 Å². The molecule has 1 heterocycles. The van der Waals surface area contributed by atoms with E-state index in [4.69, 9.17) is 0 Å². The van der Waals surface area contributed by atoms with Crippen LogP contribution in [-0.2, 0) is 11.3 Å². The van der Waals surface area contributed by atoms with Gasteiger partial charge in [-0.15, -0.1) is 0 Å². The van der Waals surface area contributed by atoms with E-state index in [1.54, 1.807) is 18.1 Å². The van der Waals surface area contributed by atoms with Gasteiger partial charge in [0, 0.05) is 29.8 Å². The van der Waals surface area contributed by atoms with Crippen LogP contribution >= 0.6 is 0 Å². The third kappa shape index (κ3) is 2.82. The molecule has 0 N–H and O–H groups in total. The first-order valence-corrected chi connectivity index (χ1v) is 7.41. The lowest BCUT2D eigenvalue weighted by molar-refractivity contribution is -0.118. The summed E-state index contributed by atoms with van der Waals surface area (Å²) in [6.07, 6.45) is 1.74. The van der Waals surface area contributed by atoms with E-state index in [1.165, 1.54) is 0 Å². The number of aryl methyl sites for hydroxylation is 1. The van der Waals surface area contributed by atoms with Gasteiger partial charge in [0.05, 0.1) is 5.56 Å². The Morgan fingerprint density at radius 3 is 2.74 bits per heavy atom. The number of rotatable bonds is 3. The van der Waals surface area contributed by atoms with Crippen molar-refractivity contribution in [1.82, 2.24) is 4.57 Å². The smallest absolute Gasteiger partial charge is 0.246 e. The zero-order valence-corrected chi connectivity index (χ0v) is 13.2. The molecule has 0 radical (unpaired) electrons. The Hall–Kier alpha value is -3.06. The standard InChI is InChI=1S/C19H17N3O/c1-14-6-5-7-16(10-14)21(2)19(23)13-22-12-15(11-20)17-8-3-4-9-18(17)22/h3-10,12H,13H2,1-2H3. The lowest BCUT2D eigenvalue weighted by atomic mass is 10.2. The van der Waals surface area contributed by atoms with Crippen LogP contribution in [0.2, 0.25) is 0 Å². The third-order valence-electron chi connectivity index (χ3n) is 3.98. The second kappa shape index (κ2) is 5.98. The minimum Gasteiger partial charge on any atom is -0.337 e. The molecular formula is C19H17N3O. The van der Waals surface area contributed by atoms with Gasteiger partial charge in [0.2, 0.25) is 5.91 Å². The maximum atomic E-state index is 12.6.